The van der Waals surface area contributed by atoms with Crippen molar-refractivity contribution in [1.82, 2.24) is 0 Å². The number of fused-ring (bicyclic) bond motifs is 1. The van der Waals surface area contributed by atoms with Gasteiger partial charge in [-0.2, -0.15) is 21.6 Å². The molecule has 2 aromatic carbocycles. The molecule has 0 saturated heterocycles. The number of nitrogens with zero attached hydrogens (tertiary/aromatic N) is 1. The Labute approximate surface area is 152 Å². The fourth-order valence-corrected chi connectivity index (χ4v) is 4.41. The first kappa shape index (κ1) is 19.2. The number of rotatable bonds is 3. The second-order valence-electron chi connectivity index (χ2n) is 5.83. The Bertz CT molecular complexity index is 978. The zero-order chi connectivity index (χ0) is 20.0. The molecule has 0 aromatic heterocycles. The van der Waals surface area contributed by atoms with Gasteiger partial charge in [-0.1, -0.05) is 48.5 Å². The maximum atomic E-state index is 13.4. The number of carbonyl (C=O) groups is 1. The number of alkyl halides is 3. The molecular weight excluding hydrogens is 387 g/mol. The average molecular weight is 401 g/mol. The molecule has 2 aromatic rings. The zero-order valence-electron chi connectivity index (χ0n) is 13.8. The number of anilines is 1. The lowest BCUT2D eigenvalue weighted by Gasteiger charge is -2.33. The Morgan fingerprint density at radius 3 is 2.22 bits per heavy atom. The molecule has 0 saturated carbocycles. The van der Waals surface area contributed by atoms with Crippen LogP contribution in [-0.2, 0) is 25.2 Å². The Morgan fingerprint density at radius 2 is 1.67 bits per heavy atom. The highest BCUT2D eigenvalue weighted by Crippen LogP contribution is 2.55. The van der Waals surface area contributed by atoms with Gasteiger partial charge in [0, 0.05) is 5.56 Å². The first-order valence-electron chi connectivity index (χ1n) is 7.62. The van der Waals surface area contributed by atoms with Crippen molar-refractivity contribution < 1.29 is 36.2 Å². The number of ether oxygens (including phenoxy) is 1. The summed E-state index contributed by atoms with van der Waals surface area (Å²) >= 11 is 0. The summed E-state index contributed by atoms with van der Waals surface area (Å²) in [7, 11) is -4.98. The van der Waals surface area contributed by atoms with Crippen LogP contribution in [0.1, 0.15) is 17.2 Å². The third-order valence-electron chi connectivity index (χ3n) is 4.35. The molecule has 0 amide bonds. The van der Waals surface area contributed by atoms with Gasteiger partial charge in [0.1, 0.15) is 6.04 Å². The molecule has 0 fully saturated rings. The smallest absolute Gasteiger partial charge is 0.467 e. The van der Waals surface area contributed by atoms with E-state index in [9.17, 15) is 31.5 Å². The monoisotopic (exact) mass is 401 g/mol. The van der Waals surface area contributed by atoms with Crippen LogP contribution < -0.4 is 4.31 Å². The quantitative estimate of drug-likeness (QED) is 0.799. The van der Waals surface area contributed by atoms with Gasteiger partial charge in [0.15, 0.2) is 0 Å². The third kappa shape index (κ3) is 2.67. The van der Waals surface area contributed by atoms with E-state index in [4.69, 9.17) is 0 Å². The second kappa shape index (κ2) is 6.24. The normalized spacial score (nSPS) is 22.4. The summed E-state index contributed by atoms with van der Waals surface area (Å²) in [5, 5.41) is 11.2. The van der Waals surface area contributed by atoms with Crippen LogP contribution >= 0.6 is 0 Å². The van der Waals surface area contributed by atoms with Crippen LogP contribution in [0.25, 0.3) is 0 Å². The van der Waals surface area contributed by atoms with Gasteiger partial charge in [-0.05, 0) is 11.6 Å². The van der Waals surface area contributed by atoms with Gasteiger partial charge in [-0.3, -0.25) is 4.31 Å². The Hall–Kier alpha value is -2.59. The van der Waals surface area contributed by atoms with Gasteiger partial charge >= 0.3 is 21.5 Å². The third-order valence-corrected chi connectivity index (χ3v) is 5.86. The zero-order valence-corrected chi connectivity index (χ0v) is 14.7. The van der Waals surface area contributed by atoms with Gasteiger partial charge in [-0.15, -0.1) is 0 Å². The number of sulfonamides is 1. The maximum Gasteiger partial charge on any atom is 0.516 e. The van der Waals surface area contributed by atoms with Crippen molar-refractivity contribution in [2.75, 3.05) is 11.4 Å². The Morgan fingerprint density at radius 1 is 1.11 bits per heavy atom. The van der Waals surface area contributed by atoms with E-state index in [0.717, 1.165) is 13.2 Å². The van der Waals surface area contributed by atoms with Crippen molar-refractivity contribution >= 4 is 21.7 Å². The highest BCUT2D eigenvalue weighted by molar-refractivity contribution is 7.93. The summed E-state index contributed by atoms with van der Waals surface area (Å²) < 4.78 is 69.4. The highest BCUT2D eigenvalue weighted by Gasteiger charge is 2.64. The first-order chi connectivity index (χ1) is 12.6. The predicted octanol–water partition coefficient (Wildman–Crippen LogP) is 2.46. The van der Waals surface area contributed by atoms with Gasteiger partial charge in [-0.25, -0.2) is 4.79 Å². The molecule has 0 radical (unpaired) electrons. The summed E-state index contributed by atoms with van der Waals surface area (Å²) in [5.74, 6) is -1.27. The van der Waals surface area contributed by atoms with Crippen molar-refractivity contribution in [3.8, 4) is 0 Å². The van der Waals surface area contributed by atoms with Gasteiger partial charge in [0.05, 0.1) is 12.8 Å². The number of esters is 1. The molecule has 0 unspecified atom stereocenters. The summed E-state index contributed by atoms with van der Waals surface area (Å²) in [4.78, 5) is 12.4. The number of benzene rings is 2. The topological polar surface area (TPSA) is 83.9 Å². The summed E-state index contributed by atoms with van der Waals surface area (Å²) in [6.45, 7) is 0. The van der Waals surface area contributed by atoms with Crippen molar-refractivity contribution in [2.45, 2.75) is 17.2 Å². The molecule has 10 heteroatoms. The largest absolute Gasteiger partial charge is 0.516 e. The predicted molar refractivity (Wildman–Crippen MR) is 89.0 cm³/mol. The number of hydrogen-bond acceptors (Lipinski definition) is 5. The number of carbonyl (C=O) groups excluding carboxylic acids is 1. The van der Waals surface area contributed by atoms with E-state index < -0.39 is 38.8 Å². The lowest BCUT2D eigenvalue weighted by Crippen LogP contribution is -2.49. The number of para-hydroxylation sites is 1. The van der Waals surface area contributed by atoms with E-state index in [1.54, 1.807) is 6.07 Å². The fraction of sp³-hybridized carbons (Fsp3) is 0.235. The van der Waals surface area contributed by atoms with Crippen LogP contribution in [-0.4, -0.2) is 32.1 Å². The first-order valence-corrected chi connectivity index (χ1v) is 9.06. The average Bonchev–Trinajstić information content (AvgIpc) is 2.92. The summed E-state index contributed by atoms with van der Waals surface area (Å²) in [6, 6.07) is 10.2. The number of methoxy groups -OCH3 is 1. The fourth-order valence-electron chi connectivity index (χ4n) is 3.21. The van der Waals surface area contributed by atoms with Crippen LogP contribution in [0, 0.1) is 0 Å². The van der Waals surface area contributed by atoms with Gasteiger partial charge in [0.25, 0.3) is 0 Å². The lowest BCUT2D eigenvalue weighted by molar-refractivity contribution is -0.165. The van der Waals surface area contributed by atoms with E-state index in [1.807, 2.05) is 0 Å². The number of halogens is 3. The summed E-state index contributed by atoms with van der Waals surface area (Å²) in [5.41, 5.74) is -9.05. The molecule has 6 nitrogen and oxygen atoms in total. The SMILES string of the molecule is COC(=O)[C@@]1(O)c2ccccc2N(S(=O)(=O)C(F)(F)F)[C@H]1c1ccccc1. The molecule has 27 heavy (non-hydrogen) atoms. The molecule has 144 valence electrons. The van der Waals surface area contributed by atoms with Gasteiger partial charge < -0.3 is 9.84 Å². The molecule has 2 atom stereocenters. The molecule has 0 aliphatic carbocycles. The lowest BCUT2D eigenvalue weighted by atomic mass is 9.86. The maximum absolute atomic E-state index is 13.4. The molecule has 3 rings (SSSR count). The van der Waals surface area contributed by atoms with Crippen LogP contribution in [0.5, 0.6) is 0 Å². The minimum absolute atomic E-state index is 0.00516. The molecular formula is C17H14F3NO5S. The Kier molecular flexibility index (Phi) is 4.43. The van der Waals surface area contributed by atoms with Crippen molar-refractivity contribution in [2.24, 2.45) is 0 Å². The number of hydrogen-bond donors (Lipinski definition) is 1. The van der Waals surface area contributed by atoms with E-state index in [-0.39, 0.29) is 15.4 Å². The van der Waals surface area contributed by atoms with Crippen LogP contribution in [0.3, 0.4) is 0 Å². The minimum Gasteiger partial charge on any atom is -0.467 e. The second-order valence-corrected chi connectivity index (χ2v) is 7.64. The van der Waals surface area contributed by atoms with E-state index in [1.165, 1.54) is 42.5 Å². The molecule has 1 aliphatic rings. The molecule has 1 N–H and O–H groups in total. The summed E-state index contributed by atoms with van der Waals surface area (Å²) in [6.07, 6.45) is 0. The Balaban J connectivity index is 2.39. The highest BCUT2D eigenvalue weighted by atomic mass is 32.2. The van der Waals surface area contributed by atoms with Crippen LogP contribution in [0.4, 0.5) is 18.9 Å². The van der Waals surface area contributed by atoms with E-state index in [2.05, 4.69) is 4.74 Å². The molecule has 1 heterocycles. The standard InChI is InChI=1S/C17H14F3NO5S/c1-26-15(22)16(23)12-9-5-6-10-13(12)21(27(24,25)17(18,19)20)14(16)11-7-3-2-4-8-11/h2-10,14,23H,1H3/t14-,16+/m0/s1. The molecule has 1 aliphatic heterocycles. The van der Waals surface area contributed by atoms with Gasteiger partial charge in [0.2, 0.25) is 5.60 Å². The van der Waals surface area contributed by atoms with Crippen LogP contribution in [0.15, 0.2) is 54.6 Å². The van der Waals surface area contributed by atoms with Crippen molar-refractivity contribution in [3.63, 3.8) is 0 Å². The van der Waals surface area contributed by atoms with Crippen LogP contribution in [0.2, 0.25) is 0 Å². The number of aliphatic hydroxyl groups is 1. The van der Waals surface area contributed by atoms with Crippen molar-refractivity contribution in [3.05, 3.63) is 65.7 Å². The molecule has 0 bridgehead atoms. The molecule has 0 spiro atoms. The van der Waals surface area contributed by atoms with Crippen molar-refractivity contribution in [1.29, 1.82) is 0 Å². The van der Waals surface area contributed by atoms with E-state index >= 15 is 0 Å². The van der Waals surface area contributed by atoms with E-state index in [0.29, 0.717) is 0 Å². The minimum atomic E-state index is -5.93.